The van der Waals surface area contributed by atoms with Crippen molar-refractivity contribution in [2.45, 2.75) is 58.4 Å². The summed E-state index contributed by atoms with van der Waals surface area (Å²) >= 11 is 0. The van der Waals surface area contributed by atoms with Gasteiger partial charge in [0.15, 0.2) is 18.3 Å². The van der Waals surface area contributed by atoms with E-state index in [1.54, 1.807) is 0 Å². The van der Waals surface area contributed by atoms with Gasteiger partial charge in [0, 0.05) is 27.7 Å². The number of rotatable bonds is 7. The molecule has 1 unspecified atom stereocenters. The summed E-state index contributed by atoms with van der Waals surface area (Å²) in [6.07, 6.45) is -6.52. The largest absolute Gasteiger partial charge is 0.459 e. The lowest BCUT2D eigenvalue weighted by atomic mass is 9.97. The predicted molar refractivity (Wildman–Crippen MR) is 88.2 cm³/mol. The van der Waals surface area contributed by atoms with Gasteiger partial charge in [-0.15, -0.1) is 0 Å². The number of ether oxygens (including phenoxy) is 6. The van der Waals surface area contributed by atoms with Crippen molar-refractivity contribution in [3.8, 4) is 0 Å². The van der Waals surface area contributed by atoms with Crippen LogP contribution in [0.3, 0.4) is 0 Å². The van der Waals surface area contributed by atoms with Crippen molar-refractivity contribution in [2.75, 3.05) is 6.61 Å². The minimum absolute atomic E-state index is 0.185. The highest BCUT2D eigenvalue weighted by atomic mass is 16.7. The van der Waals surface area contributed by atoms with E-state index in [9.17, 15) is 24.0 Å². The number of esters is 5. The maximum atomic E-state index is 12.4. The second kappa shape index (κ2) is 10.4. The van der Waals surface area contributed by atoms with E-state index in [1.165, 1.54) is 6.08 Å². The zero-order valence-corrected chi connectivity index (χ0v) is 15.9. The first-order chi connectivity index (χ1) is 13.1. The molecule has 1 fully saturated rings. The molecule has 0 aromatic carbocycles. The molecule has 0 bridgehead atoms. The Morgan fingerprint density at radius 3 is 1.71 bits per heavy atom. The Kier molecular flexibility index (Phi) is 8.58. The smallest absolute Gasteiger partial charge is 0.339 e. The van der Waals surface area contributed by atoms with Gasteiger partial charge in [-0.1, -0.05) is 12.7 Å². The summed E-state index contributed by atoms with van der Waals surface area (Å²) in [5, 5.41) is 0. The van der Waals surface area contributed by atoms with Gasteiger partial charge in [-0.25, -0.2) is 4.79 Å². The molecular weight excluding hydrogens is 380 g/mol. The van der Waals surface area contributed by atoms with Crippen LogP contribution in [0.2, 0.25) is 0 Å². The first kappa shape index (κ1) is 23.1. The van der Waals surface area contributed by atoms with Gasteiger partial charge in [0.1, 0.15) is 6.61 Å². The van der Waals surface area contributed by atoms with Crippen molar-refractivity contribution >= 4 is 29.8 Å². The highest BCUT2D eigenvalue weighted by Gasteiger charge is 2.56. The Hall–Kier alpha value is -2.95. The fraction of sp³-hybridized carbons (Fsp3) is 0.588. The summed E-state index contributed by atoms with van der Waals surface area (Å²) in [5.41, 5.74) is 0. The summed E-state index contributed by atoms with van der Waals surface area (Å²) in [4.78, 5) is 58.4. The van der Waals surface area contributed by atoms with Crippen LogP contribution in [0.4, 0.5) is 0 Å². The van der Waals surface area contributed by atoms with Gasteiger partial charge in [-0.2, -0.15) is 0 Å². The minimum Gasteiger partial charge on any atom is -0.459 e. The lowest BCUT2D eigenvalue weighted by Crippen LogP contribution is -2.64. The summed E-state index contributed by atoms with van der Waals surface area (Å²) in [7, 11) is 0. The molecule has 0 radical (unpaired) electrons. The van der Waals surface area contributed by atoms with Crippen molar-refractivity contribution < 1.29 is 52.4 Å². The molecule has 1 aliphatic heterocycles. The molecule has 1 aliphatic rings. The Morgan fingerprint density at radius 2 is 1.25 bits per heavy atom. The zero-order valence-electron chi connectivity index (χ0n) is 15.9. The second-order valence-corrected chi connectivity index (χ2v) is 5.68. The summed E-state index contributed by atoms with van der Waals surface area (Å²) in [6, 6.07) is 0. The van der Waals surface area contributed by atoms with E-state index >= 15 is 0 Å². The number of hydrogen-bond donors (Lipinski definition) is 0. The lowest BCUT2D eigenvalue weighted by molar-refractivity contribution is -0.294. The Bertz CT molecular complexity index is 641. The molecule has 28 heavy (non-hydrogen) atoms. The second-order valence-electron chi connectivity index (χ2n) is 5.68. The highest BCUT2D eigenvalue weighted by Crippen LogP contribution is 2.30. The molecule has 11 heteroatoms. The minimum atomic E-state index is -1.63. The van der Waals surface area contributed by atoms with Crippen LogP contribution in [0.5, 0.6) is 0 Å². The average molecular weight is 402 g/mol. The van der Waals surface area contributed by atoms with Crippen LogP contribution in [-0.4, -0.2) is 67.2 Å². The van der Waals surface area contributed by atoms with Gasteiger partial charge in [0.05, 0.1) is 0 Å². The van der Waals surface area contributed by atoms with E-state index in [4.69, 9.17) is 28.4 Å². The topological polar surface area (TPSA) is 141 Å². The van der Waals surface area contributed by atoms with E-state index in [1.807, 2.05) is 0 Å². The molecule has 156 valence electrons. The van der Waals surface area contributed by atoms with Crippen LogP contribution in [0.15, 0.2) is 12.7 Å². The average Bonchev–Trinajstić information content (AvgIpc) is 2.55. The maximum absolute atomic E-state index is 12.4. The molecule has 0 spiro atoms. The van der Waals surface area contributed by atoms with Gasteiger partial charge in [-0.05, 0) is 0 Å². The van der Waals surface area contributed by atoms with Crippen molar-refractivity contribution in [2.24, 2.45) is 0 Å². The van der Waals surface area contributed by atoms with Crippen LogP contribution in [-0.2, 0) is 52.4 Å². The van der Waals surface area contributed by atoms with E-state index in [0.717, 1.165) is 27.7 Å². The Labute approximate surface area is 160 Å². The van der Waals surface area contributed by atoms with Gasteiger partial charge >= 0.3 is 29.8 Å². The van der Waals surface area contributed by atoms with E-state index < -0.39 is 60.6 Å². The lowest BCUT2D eigenvalue weighted by Gasteiger charge is -2.42. The summed E-state index contributed by atoms with van der Waals surface area (Å²) in [5.74, 6) is -4.31. The number of carbonyl (C=O) groups is 5. The van der Waals surface area contributed by atoms with Crippen LogP contribution in [0.1, 0.15) is 27.7 Å². The third-order valence-corrected chi connectivity index (χ3v) is 3.26. The van der Waals surface area contributed by atoms with Crippen molar-refractivity contribution in [3.05, 3.63) is 12.7 Å². The molecule has 0 amide bonds. The summed E-state index contributed by atoms with van der Waals surface area (Å²) in [6.45, 7) is 7.43. The Balaban J connectivity index is 3.37. The van der Waals surface area contributed by atoms with Crippen molar-refractivity contribution in [1.82, 2.24) is 0 Å². The zero-order chi connectivity index (χ0) is 21.4. The number of carbonyl (C=O) groups excluding carboxylic acids is 5. The van der Waals surface area contributed by atoms with Crippen LogP contribution in [0.25, 0.3) is 0 Å². The highest BCUT2D eigenvalue weighted by molar-refractivity contribution is 5.77. The fourth-order valence-corrected chi connectivity index (χ4v) is 2.45. The van der Waals surface area contributed by atoms with Gasteiger partial charge in [0.2, 0.25) is 12.4 Å². The molecule has 0 aliphatic carbocycles. The Morgan fingerprint density at radius 1 is 0.786 bits per heavy atom. The van der Waals surface area contributed by atoms with E-state index in [-0.39, 0.29) is 6.61 Å². The van der Waals surface area contributed by atoms with E-state index in [2.05, 4.69) is 6.58 Å². The van der Waals surface area contributed by atoms with Crippen LogP contribution >= 0.6 is 0 Å². The molecule has 1 rings (SSSR count). The molecule has 0 saturated carbocycles. The van der Waals surface area contributed by atoms with Crippen molar-refractivity contribution in [1.29, 1.82) is 0 Å². The van der Waals surface area contributed by atoms with Crippen molar-refractivity contribution in [3.63, 3.8) is 0 Å². The molecule has 5 atom stereocenters. The van der Waals surface area contributed by atoms with Gasteiger partial charge < -0.3 is 28.4 Å². The standard InChI is InChI=1S/C17H22O11/c1-6-7-23-16(22)14-12(24-8(2)18)13(25-9(3)19)15(26-10(4)20)17(28-14)27-11(5)21/h6,12-15,17H,1,7H2,2-5H3/t12-,13-,14-,15+,17?/m0/s1. The molecule has 0 aromatic heterocycles. The summed E-state index contributed by atoms with van der Waals surface area (Å²) < 4.78 is 30.5. The first-order valence-electron chi connectivity index (χ1n) is 8.18. The molecular formula is C17H22O11. The van der Waals surface area contributed by atoms with Gasteiger partial charge in [0.25, 0.3) is 0 Å². The monoisotopic (exact) mass is 402 g/mol. The van der Waals surface area contributed by atoms with E-state index in [0.29, 0.717) is 0 Å². The van der Waals surface area contributed by atoms with Crippen LogP contribution < -0.4 is 0 Å². The maximum Gasteiger partial charge on any atom is 0.339 e. The third kappa shape index (κ3) is 6.65. The van der Waals surface area contributed by atoms with Gasteiger partial charge in [-0.3, -0.25) is 19.2 Å². The quantitative estimate of drug-likeness (QED) is 0.317. The SMILES string of the molecule is C=CCOC(=O)[C@H]1OC(OC(C)=O)[C@H](OC(C)=O)[C@@H](OC(C)=O)[C@@H]1OC(C)=O. The fourth-order valence-electron chi connectivity index (χ4n) is 2.45. The molecule has 11 nitrogen and oxygen atoms in total. The molecule has 0 N–H and O–H groups in total. The molecule has 1 saturated heterocycles. The predicted octanol–water partition coefficient (Wildman–Crippen LogP) is -0.201. The first-order valence-corrected chi connectivity index (χ1v) is 8.18. The molecule has 1 heterocycles. The normalized spacial score (nSPS) is 26.4. The van der Waals surface area contributed by atoms with Crippen LogP contribution in [0, 0.1) is 0 Å². The molecule has 0 aromatic rings. The third-order valence-electron chi connectivity index (χ3n) is 3.26. The number of hydrogen-bond acceptors (Lipinski definition) is 11.